The van der Waals surface area contributed by atoms with E-state index >= 15 is 0 Å². The van der Waals surface area contributed by atoms with Crippen LogP contribution in [-0.2, 0) is 4.79 Å². The minimum Gasteiger partial charge on any atom is -0.399 e. The number of benzene rings is 2. The Morgan fingerprint density at radius 2 is 1.90 bits per heavy atom. The Hall–Kier alpha value is -1.94. The van der Waals surface area contributed by atoms with Crippen LogP contribution in [0.15, 0.2) is 53.4 Å². The number of rotatable bonds is 4. The second kappa shape index (κ2) is 6.48. The molecule has 1 amide bonds. The van der Waals surface area contributed by atoms with Gasteiger partial charge in [-0.3, -0.25) is 4.79 Å². The molecule has 4 heteroatoms. The lowest BCUT2D eigenvalue weighted by Gasteiger charge is -2.13. The van der Waals surface area contributed by atoms with Gasteiger partial charge in [0, 0.05) is 16.3 Å². The molecule has 0 spiro atoms. The third kappa shape index (κ3) is 3.54. The van der Waals surface area contributed by atoms with Crippen molar-refractivity contribution in [2.24, 2.45) is 0 Å². The van der Waals surface area contributed by atoms with Gasteiger partial charge in [-0.25, -0.2) is 0 Å². The average Bonchev–Trinajstić information content (AvgIpc) is 2.47. The van der Waals surface area contributed by atoms with Crippen molar-refractivity contribution in [2.75, 3.05) is 17.3 Å². The van der Waals surface area contributed by atoms with Gasteiger partial charge in [-0.2, -0.15) is 0 Å². The maximum Gasteiger partial charge on any atom is 0.231 e. The van der Waals surface area contributed by atoms with E-state index in [1.165, 1.54) is 4.90 Å². The predicted octanol–water partition coefficient (Wildman–Crippen LogP) is 3.73. The van der Waals surface area contributed by atoms with Crippen LogP contribution in [-0.4, -0.2) is 12.2 Å². The van der Waals surface area contributed by atoms with Crippen LogP contribution >= 0.6 is 11.8 Å². The van der Waals surface area contributed by atoms with E-state index in [-0.39, 0.29) is 11.8 Å². The predicted molar refractivity (Wildman–Crippen MR) is 86.1 cm³/mol. The molecule has 0 aliphatic carbocycles. The van der Waals surface area contributed by atoms with Gasteiger partial charge in [0.05, 0.1) is 5.92 Å². The number of carbonyl (C=O) groups excluding carboxylic acids is 1. The molecule has 1 unspecified atom stereocenters. The van der Waals surface area contributed by atoms with Gasteiger partial charge in [0.2, 0.25) is 5.91 Å². The number of carbonyl (C=O) groups is 1. The van der Waals surface area contributed by atoms with E-state index in [9.17, 15) is 4.79 Å². The Bertz CT molecular complexity index is 596. The van der Waals surface area contributed by atoms with Crippen LogP contribution < -0.4 is 11.1 Å². The summed E-state index contributed by atoms with van der Waals surface area (Å²) in [6.45, 7) is 1.88. The fourth-order valence-corrected chi connectivity index (χ4v) is 2.31. The number of amides is 1. The first kappa shape index (κ1) is 14.5. The zero-order valence-electron chi connectivity index (χ0n) is 11.6. The molecule has 2 aromatic carbocycles. The largest absolute Gasteiger partial charge is 0.399 e. The molecule has 2 rings (SSSR count). The summed E-state index contributed by atoms with van der Waals surface area (Å²) in [4.78, 5) is 13.4. The van der Waals surface area contributed by atoms with Gasteiger partial charge in [0.25, 0.3) is 0 Å². The highest BCUT2D eigenvalue weighted by atomic mass is 32.2. The quantitative estimate of drug-likeness (QED) is 0.665. The van der Waals surface area contributed by atoms with Crippen LogP contribution in [0.1, 0.15) is 18.4 Å². The number of nitrogens with one attached hydrogen (secondary N) is 1. The molecule has 0 aliphatic heterocycles. The van der Waals surface area contributed by atoms with Crippen molar-refractivity contribution in [3.63, 3.8) is 0 Å². The van der Waals surface area contributed by atoms with Crippen LogP contribution in [0, 0.1) is 0 Å². The molecule has 0 aliphatic rings. The minimum atomic E-state index is -0.237. The van der Waals surface area contributed by atoms with Crippen molar-refractivity contribution in [1.29, 1.82) is 0 Å². The van der Waals surface area contributed by atoms with Crippen LogP contribution in [0.25, 0.3) is 0 Å². The number of hydrogen-bond donors (Lipinski definition) is 2. The molecule has 0 bridgehead atoms. The van der Waals surface area contributed by atoms with Gasteiger partial charge in [0.15, 0.2) is 0 Å². The molecular weight excluding hydrogens is 268 g/mol. The molecule has 20 heavy (non-hydrogen) atoms. The fraction of sp³-hybridized carbons (Fsp3) is 0.188. The molecule has 0 saturated carbocycles. The van der Waals surface area contributed by atoms with Crippen LogP contribution in [0.2, 0.25) is 0 Å². The number of anilines is 2. The number of nitrogen functional groups attached to an aromatic ring is 1. The van der Waals surface area contributed by atoms with Crippen molar-refractivity contribution in [1.82, 2.24) is 0 Å². The van der Waals surface area contributed by atoms with Crippen LogP contribution in [0.4, 0.5) is 11.4 Å². The molecule has 3 nitrogen and oxygen atoms in total. The molecule has 2 aromatic rings. The van der Waals surface area contributed by atoms with Gasteiger partial charge in [-0.1, -0.05) is 12.1 Å². The van der Waals surface area contributed by atoms with Crippen molar-refractivity contribution < 1.29 is 4.79 Å². The second-order valence-corrected chi connectivity index (χ2v) is 5.49. The molecular formula is C16H18N2OS. The lowest BCUT2D eigenvalue weighted by molar-refractivity contribution is -0.117. The van der Waals surface area contributed by atoms with Crippen molar-refractivity contribution in [3.05, 3.63) is 54.1 Å². The maximum absolute atomic E-state index is 12.2. The summed E-state index contributed by atoms with van der Waals surface area (Å²) in [5.41, 5.74) is 8.15. The van der Waals surface area contributed by atoms with E-state index in [2.05, 4.69) is 5.32 Å². The zero-order chi connectivity index (χ0) is 14.5. The summed E-state index contributed by atoms with van der Waals surface area (Å²) < 4.78 is 0. The summed E-state index contributed by atoms with van der Waals surface area (Å²) >= 11 is 1.67. The first-order chi connectivity index (χ1) is 9.60. The lowest BCUT2D eigenvalue weighted by atomic mass is 10.00. The van der Waals surface area contributed by atoms with E-state index in [0.29, 0.717) is 5.69 Å². The number of thioether (sulfide) groups is 1. The van der Waals surface area contributed by atoms with Gasteiger partial charge in [-0.05, 0) is 55.1 Å². The molecule has 0 aromatic heterocycles. The van der Waals surface area contributed by atoms with Crippen molar-refractivity contribution in [3.8, 4) is 0 Å². The Morgan fingerprint density at radius 1 is 1.20 bits per heavy atom. The fourth-order valence-electron chi connectivity index (χ4n) is 1.90. The summed E-state index contributed by atoms with van der Waals surface area (Å²) in [7, 11) is 0. The first-order valence-electron chi connectivity index (χ1n) is 6.40. The van der Waals surface area contributed by atoms with Crippen molar-refractivity contribution >= 4 is 29.0 Å². The number of hydrogen-bond acceptors (Lipinski definition) is 3. The first-order valence-corrected chi connectivity index (χ1v) is 7.63. The number of nitrogens with two attached hydrogens (primary N) is 1. The lowest BCUT2D eigenvalue weighted by Crippen LogP contribution is -2.18. The van der Waals surface area contributed by atoms with Crippen molar-refractivity contribution in [2.45, 2.75) is 17.7 Å². The monoisotopic (exact) mass is 286 g/mol. The molecule has 0 saturated heterocycles. The van der Waals surface area contributed by atoms with Gasteiger partial charge in [-0.15, -0.1) is 11.8 Å². The van der Waals surface area contributed by atoms with E-state index in [1.807, 2.05) is 61.7 Å². The van der Waals surface area contributed by atoms with Crippen LogP contribution in [0.3, 0.4) is 0 Å². The normalized spacial score (nSPS) is 11.9. The zero-order valence-corrected chi connectivity index (χ0v) is 12.4. The molecule has 0 heterocycles. The third-order valence-corrected chi connectivity index (χ3v) is 3.91. The van der Waals surface area contributed by atoms with E-state index in [0.717, 1.165) is 11.3 Å². The highest BCUT2D eigenvalue weighted by molar-refractivity contribution is 7.98. The average molecular weight is 286 g/mol. The molecule has 3 N–H and O–H groups in total. The Morgan fingerprint density at radius 3 is 2.50 bits per heavy atom. The maximum atomic E-state index is 12.2. The Balaban J connectivity index is 2.07. The highest BCUT2D eigenvalue weighted by Crippen LogP contribution is 2.21. The Labute approximate surface area is 123 Å². The van der Waals surface area contributed by atoms with Crippen LogP contribution in [0.5, 0.6) is 0 Å². The summed E-state index contributed by atoms with van der Waals surface area (Å²) in [6.07, 6.45) is 2.02. The van der Waals surface area contributed by atoms with E-state index in [1.54, 1.807) is 11.8 Å². The Kier molecular flexibility index (Phi) is 4.69. The highest BCUT2D eigenvalue weighted by Gasteiger charge is 2.15. The molecule has 104 valence electrons. The summed E-state index contributed by atoms with van der Waals surface area (Å²) in [5, 5.41) is 2.92. The molecule has 0 radical (unpaired) electrons. The standard InChI is InChI=1S/C16H18N2OS/c1-11(12-4-3-5-13(17)10-12)16(19)18-14-6-8-15(20-2)9-7-14/h3-11H,17H2,1-2H3,(H,18,19). The van der Waals surface area contributed by atoms with Gasteiger partial charge in [0.1, 0.15) is 0 Å². The molecule has 0 fully saturated rings. The molecule has 1 atom stereocenters. The van der Waals surface area contributed by atoms with E-state index < -0.39 is 0 Å². The topological polar surface area (TPSA) is 55.1 Å². The van der Waals surface area contributed by atoms with Gasteiger partial charge >= 0.3 is 0 Å². The summed E-state index contributed by atoms with van der Waals surface area (Å²) in [5.74, 6) is -0.272. The summed E-state index contributed by atoms with van der Waals surface area (Å²) in [6, 6.07) is 15.2. The third-order valence-electron chi connectivity index (χ3n) is 3.16. The van der Waals surface area contributed by atoms with E-state index in [4.69, 9.17) is 5.73 Å². The minimum absolute atomic E-state index is 0.0347. The second-order valence-electron chi connectivity index (χ2n) is 4.61. The van der Waals surface area contributed by atoms with Gasteiger partial charge < -0.3 is 11.1 Å². The smallest absolute Gasteiger partial charge is 0.231 e. The SMILES string of the molecule is CSc1ccc(NC(=O)C(C)c2cccc(N)c2)cc1.